The second-order valence-electron chi connectivity index (χ2n) is 13.5. The third kappa shape index (κ3) is 10.7. The number of pyridine rings is 2. The normalized spacial score (nSPS) is 21.6. The summed E-state index contributed by atoms with van der Waals surface area (Å²) in [6.45, 7) is 13.2. The molecule has 0 aromatic carbocycles. The summed E-state index contributed by atoms with van der Waals surface area (Å²) in [5.41, 5.74) is -3.87. The number of hydrogen-bond donors (Lipinski definition) is 4. The molecule has 4 N–H and O–H groups in total. The molecule has 2 aliphatic heterocycles. The lowest BCUT2D eigenvalue weighted by molar-refractivity contribution is -0.141. The van der Waals surface area contributed by atoms with Crippen LogP contribution in [-0.4, -0.2) is 73.3 Å². The molecule has 2 aromatic heterocycles. The van der Waals surface area contributed by atoms with E-state index in [-0.39, 0.29) is 37.1 Å². The fourth-order valence-electron chi connectivity index (χ4n) is 4.81. The molecule has 2 saturated heterocycles. The van der Waals surface area contributed by atoms with Crippen LogP contribution < -0.4 is 30.7 Å². The Kier molecular flexibility index (Phi) is 12.7. The number of alkyl halides is 6. The lowest BCUT2D eigenvalue weighted by Gasteiger charge is -2.27. The minimum atomic E-state index is -4.55. The maximum Gasteiger partial charge on any atom is 0.421 e. The summed E-state index contributed by atoms with van der Waals surface area (Å²) in [6, 6.07) is 4.22. The SMILES string of the molecule is C[C@@H]1CNC[C@H]1NC(=O)C(C)(C)COc1ncccc1C(F)(F)F.C[C@H]1CNC[C@@H]1NC(=O)C(C)(C)COc1ncccc1C(F)(F)F. The molecular formula is C32H44F6N6O4. The summed E-state index contributed by atoms with van der Waals surface area (Å²) in [5.74, 6) is -0.930. The predicted molar refractivity (Wildman–Crippen MR) is 165 cm³/mol. The van der Waals surface area contributed by atoms with Gasteiger partial charge in [0.15, 0.2) is 0 Å². The van der Waals surface area contributed by atoms with Gasteiger partial charge in [0.1, 0.15) is 24.3 Å². The number of amides is 2. The van der Waals surface area contributed by atoms with Crippen molar-refractivity contribution in [1.82, 2.24) is 31.2 Å². The van der Waals surface area contributed by atoms with Crippen LogP contribution >= 0.6 is 0 Å². The molecule has 4 atom stereocenters. The molecule has 16 heteroatoms. The average Bonchev–Trinajstić information content (AvgIpc) is 3.61. The molecule has 2 amide bonds. The van der Waals surface area contributed by atoms with E-state index in [0.29, 0.717) is 24.9 Å². The Bertz CT molecular complexity index is 1280. The number of hydrogen-bond acceptors (Lipinski definition) is 8. The van der Waals surface area contributed by atoms with Crippen LogP contribution in [0.4, 0.5) is 26.3 Å². The van der Waals surface area contributed by atoms with Gasteiger partial charge in [0.25, 0.3) is 0 Å². The fourth-order valence-corrected chi connectivity index (χ4v) is 4.81. The first-order valence-electron chi connectivity index (χ1n) is 15.6. The Morgan fingerprint density at radius 3 is 1.35 bits per heavy atom. The first kappa shape index (κ1) is 38.8. The molecule has 0 aliphatic carbocycles. The monoisotopic (exact) mass is 690 g/mol. The number of carbonyl (C=O) groups is 2. The lowest BCUT2D eigenvalue weighted by atomic mass is 9.92. The topological polar surface area (TPSA) is 126 Å². The molecule has 48 heavy (non-hydrogen) atoms. The molecule has 0 spiro atoms. The van der Waals surface area contributed by atoms with E-state index >= 15 is 0 Å². The Balaban J connectivity index is 0.000000260. The van der Waals surface area contributed by atoms with Crippen molar-refractivity contribution < 1.29 is 45.4 Å². The predicted octanol–water partition coefficient (Wildman–Crippen LogP) is 4.46. The van der Waals surface area contributed by atoms with Crippen molar-refractivity contribution in [2.75, 3.05) is 39.4 Å². The molecule has 0 unspecified atom stereocenters. The standard InChI is InChI=1S/2C16H22F3N3O2/c2*1-10-7-20-8-12(10)22-14(23)15(2,3)9-24-13-11(16(17,18)19)5-4-6-21-13/h2*4-6,10,12,20H,7-9H2,1-3H3,(H,22,23)/t2*10-,12-/m10/s1. The van der Waals surface area contributed by atoms with E-state index < -0.39 is 46.1 Å². The maximum absolute atomic E-state index is 12.9. The molecule has 4 heterocycles. The summed E-state index contributed by atoms with van der Waals surface area (Å²) in [4.78, 5) is 32.1. The van der Waals surface area contributed by atoms with E-state index in [0.717, 1.165) is 25.2 Å². The van der Waals surface area contributed by atoms with Crippen LogP contribution in [0.15, 0.2) is 36.7 Å². The van der Waals surface area contributed by atoms with Gasteiger partial charge in [-0.3, -0.25) is 9.59 Å². The van der Waals surface area contributed by atoms with Crippen LogP contribution in [0.2, 0.25) is 0 Å². The molecule has 4 rings (SSSR count). The van der Waals surface area contributed by atoms with E-state index in [4.69, 9.17) is 9.47 Å². The maximum atomic E-state index is 12.9. The second-order valence-corrected chi connectivity index (χ2v) is 13.5. The summed E-state index contributed by atoms with van der Waals surface area (Å²) in [6.07, 6.45) is -6.66. The van der Waals surface area contributed by atoms with Gasteiger partial charge in [-0.15, -0.1) is 0 Å². The molecule has 2 fully saturated rings. The quantitative estimate of drug-likeness (QED) is 0.270. The number of carbonyl (C=O) groups excluding carboxylic acids is 2. The highest BCUT2D eigenvalue weighted by Gasteiger charge is 2.39. The highest BCUT2D eigenvalue weighted by Crippen LogP contribution is 2.36. The number of nitrogens with zero attached hydrogens (tertiary/aromatic N) is 2. The second kappa shape index (κ2) is 15.7. The first-order valence-corrected chi connectivity index (χ1v) is 15.6. The van der Waals surface area contributed by atoms with Crippen LogP contribution in [0.1, 0.15) is 52.7 Å². The van der Waals surface area contributed by atoms with Crippen LogP contribution in [0.25, 0.3) is 0 Å². The summed E-state index contributed by atoms with van der Waals surface area (Å²) < 4.78 is 88.1. The molecule has 2 aromatic rings. The van der Waals surface area contributed by atoms with Crippen molar-refractivity contribution in [3.05, 3.63) is 47.8 Å². The van der Waals surface area contributed by atoms with E-state index in [1.807, 2.05) is 13.8 Å². The number of aromatic nitrogens is 2. The first-order chi connectivity index (χ1) is 22.2. The molecular weight excluding hydrogens is 646 g/mol. The van der Waals surface area contributed by atoms with Crippen molar-refractivity contribution in [2.45, 2.75) is 66.0 Å². The van der Waals surface area contributed by atoms with Crippen LogP contribution in [0.5, 0.6) is 11.8 Å². The van der Waals surface area contributed by atoms with Gasteiger partial charge < -0.3 is 30.7 Å². The average molecular weight is 691 g/mol. The third-order valence-corrected chi connectivity index (χ3v) is 8.19. The minimum absolute atomic E-state index is 0.0114. The number of halogens is 6. The Hall–Kier alpha value is -3.66. The van der Waals surface area contributed by atoms with Crippen molar-refractivity contribution >= 4 is 11.8 Å². The summed E-state index contributed by atoms with van der Waals surface area (Å²) >= 11 is 0. The number of ether oxygens (including phenoxy) is 2. The largest absolute Gasteiger partial charge is 0.476 e. The van der Waals surface area contributed by atoms with Gasteiger partial charge in [-0.2, -0.15) is 26.3 Å². The van der Waals surface area contributed by atoms with Crippen LogP contribution in [-0.2, 0) is 21.9 Å². The molecule has 0 bridgehead atoms. The zero-order chi connectivity index (χ0) is 35.9. The Morgan fingerprint density at radius 1 is 0.708 bits per heavy atom. The smallest absolute Gasteiger partial charge is 0.421 e. The van der Waals surface area contributed by atoms with Crippen molar-refractivity contribution in [3.63, 3.8) is 0 Å². The van der Waals surface area contributed by atoms with E-state index in [2.05, 4.69) is 31.2 Å². The van der Waals surface area contributed by atoms with Gasteiger partial charge in [-0.1, -0.05) is 13.8 Å². The molecule has 2 aliphatic rings. The number of nitrogens with one attached hydrogen (secondary N) is 4. The zero-order valence-corrected chi connectivity index (χ0v) is 27.8. The molecule has 0 radical (unpaired) electrons. The lowest BCUT2D eigenvalue weighted by Crippen LogP contribution is -2.48. The van der Waals surface area contributed by atoms with E-state index in [9.17, 15) is 35.9 Å². The van der Waals surface area contributed by atoms with Gasteiger partial charge in [0, 0.05) is 37.6 Å². The molecule has 10 nitrogen and oxygen atoms in total. The van der Waals surface area contributed by atoms with Crippen molar-refractivity contribution in [1.29, 1.82) is 0 Å². The molecule has 268 valence electrons. The van der Waals surface area contributed by atoms with Crippen molar-refractivity contribution in [3.8, 4) is 11.8 Å². The van der Waals surface area contributed by atoms with E-state index in [1.54, 1.807) is 27.7 Å². The highest BCUT2D eigenvalue weighted by atomic mass is 19.4. The van der Waals surface area contributed by atoms with Gasteiger partial charge in [-0.25, -0.2) is 9.97 Å². The van der Waals surface area contributed by atoms with Gasteiger partial charge in [0.05, 0.1) is 10.8 Å². The van der Waals surface area contributed by atoms with Gasteiger partial charge in [0.2, 0.25) is 23.6 Å². The molecule has 0 saturated carbocycles. The van der Waals surface area contributed by atoms with Crippen LogP contribution in [0.3, 0.4) is 0 Å². The van der Waals surface area contributed by atoms with Gasteiger partial charge in [-0.05, 0) is 76.9 Å². The van der Waals surface area contributed by atoms with Gasteiger partial charge >= 0.3 is 12.4 Å². The van der Waals surface area contributed by atoms with Crippen molar-refractivity contribution in [2.24, 2.45) is 22.7 Å². The Morgan fingerprint density at radius 2 is 1.06 bits per heavy atom. The van der Waals surface area contributed by atoms with E-state index in [1.165, 1.54) is 24.5 Å². The minimum Gasteiger partial charge on any atom is -0.476 e. The zero-order valence-electron chi connectivity index (χ0n) is 27.8. The fraction of sp³-hybridized carbons (Fsp3) is 0.625. The Labute approximate surface area is 276 Å². The summed E-state index contributed by atoms with van der Waals surface area (Å²) in [5, 5.41) is 12.2. The number of rotatable bonds is 10. The summed E-state index contributed by atoms with van der Waals surface area (Å²) in [7, 11) is 0. The van der Waals surface area contributed by atoms with Crippen LogP contribution in [0, 0.1) is 22.7 Å². The highest BCUT2D eigenvalue weighted by molar-refractivity contribution is 5.82. The third-order valence-electron chi connectivity index (χ3n) is 8.19.